The molecule has 2 fully saturated rings. The van der Waals surface area contributed by atoms with Crippen LogP contribution in [0, 0.1) is 17.8 Å². The third-order valence-corrected chi connectivity index (χ3v) is 3.56. The second-order valence-corrected chi connectivity index (χ2v) is 4.56. The Morgan fingerprint density at radius 2 is 1.62 bits per heavy atom. The molecule has 0 amide bonds. The number of hydrogen-bond acceptors (Lipinski definition) is 2. The highest BCUT2D eigenvalue weighted by atomic mass is 16.1. The van der Waals surface area contributed by atoms with E-state index in [1.807, 2.05) is 0 Å². The summed E-state index contributed by atoms with van der Waals surface area (Å²) in [5, 5.41) is 0. The van der Waals surface area contributed by atoms with Crippen LogP contribution in [0.5, 0.6) is 0 Å². The lowest BCUT2D eigenvalue weighted by Crippen LogP contribution is -2.39. The largest absolute Gasteiger partial charge is 0.299 e. The van der Waals surface area contributed by atoms with E-state index in [9.17, 15) is 9.59 Å². The van der Waals surface area contributed by atoms with E-state index in [1.54, 1.807) is 0 Å². The number of fused-ring (bicyclic) bond motifs is 1. The van der Waals surface area contributed by atoms with Crippen molar-refractivity contribution in [3.05, 3.63) is 0 Å². The van der Waals surface area contributed by atoms with E-state index >= 15 is 0 Å². The van der Waals surface area contributed by atoms with E-state index < -0.39 is 0 Å². The van der Waals surface area contributed by atoms with Crippen LogP contribution < -0.4 is 0 Å². The molecular formula is C11H16O2. The summed E-state index contributed by atoms with van der Waals surface area (Å²) in [5.41, 5.74) is 0. The van der Waals surface area contributed by atoms with Crippen molar-refractivity contribution in [1.82, 2.24) is 0 Å². The zero-order valence-electron chi connectivity index (χ0n) is 8.08. The van der Waals surface area contributed by atoms with Gasteiger partial charge in [0.15, 0.2) is 0 Å². The maximum absolute atomic E-state index is 11.6. The molecule has 13 heavy (non-hydrogen) atoms. The SMILES string of the molecule is C[C@@H]1CC[C@@H]2C(=O)CCC(=O)[C@@H]2C1. The van der Waals surface area contributed by atoms with Gasteiger partial charge in [0.25, 0.3) is 0 Å². The van der Waals surface area contributed by atoms with Crippen LogP contribution >= 0.6 is 0 Å². The van der Waals surface area contributed by atoms with Crippen molar-refractivity contribution in [3.63, 3.8) is 0 Å². The number of hydrogen-bond donors (Lipinski definition) is 0. The summed E-state index contributed by atoms with van der Waals surface area (Å²) >= 11 is 0. The van der Waals surface area contributed by atoms with Crippen LogP contribution in [0.4, 0.5) is 0 Å². The van der Waals surface area contributed by atoms with Gasteiger partial charge in [0.05, 0.1) is 0 Å². The quantitative estimate of drug-likeness (QED) is 0.571. The fourth-order valence-electron chi connectivity index (χ4n) is 2.74. The van der Waals surface area contributed by atoms with Gasteiger partial charge in [0, 0.05) is 24.7 Å². The third kappa shape index (κ3) is 1.54. The number of carbonyl (C=O) groups excluding carboxylic acids is 2. The topological polar surface area (TPSA) is 34.1 Å². The zero-order chi connectivity index (χ0) is 9.42. The normalized spacial score (nSPS) is 40.2. The molecule has 0 aromatic rings. The van der Waals surface area contributed by atoms with E-state index in [4.69, 9.17) is 0 Å². The van der Waals surface area contributed by atoms with Crippen molar-refractivity contribution in [2.24, 2.45) is 17.8 Å². The maximum atomic E-state index is 11.6. The minimum absolute atomic E-state index is 0.0880. The second-order valence-electron chi connectivity index (χ2n) is 4.56. The fraction of sp³-hybridized carbons (Fsp3) is 0.818. The van der Waals surface area contributed by atoms with E-state index in [1.165, 1.54) is 0 Å². The highest BCUT2D eigenvalue weighted by molar-refractivity contribution is 5.96. The first-order chi connectivity index (χ1) is 6.18. The summed E-state index contributed by atoms with van der Waals surface area (Å²) < 4.78 is 0. The average Bonchev–Trinajstić information content (AvgIpc) is 2.12. The van der Waals surface area contributed by atoms with E-state index in [-0.39, 0.29) is 11.8 Å². The standard InChI is InChI=1S/C11H16O2/c1-7-2-3-8-9(6-7)11(13)5-4-10(8)12/h7-9H,2-6H2,1H3/t7-,8+,9-/m1/s1. The molecule has 2 nitrogen and oxygen atoms in total. The number of ketones is 2. The molecule has 2 saturated carbocycles. The highest BCUT2D eigenvalue weighted by Gasteiger charge is 2.40. The average molecular weight is 180 g/mol. The smallest absolute Gasteiger partial charge is 0.137 e. The molecule has 2 aliphatic rings. The molecule has 0 unspecified atom stereocenters. The van der Waals surface area contributed by atoms with Crippen molar-refractivity contribution in [2.45, 2.75) is 39.0 Å². The van der Waals surface area contributed by atoms with Crippen molar-refractivity contribution in [1.29, 1.82) is 0 Å². The molecule has 2 aliphatic carbocycles. The summed E-state index contributed by atoms with van der Waals surface area (Å²) in [5.74, 6) is 1.51. The molecule has 2 rings (SSSR count). The van der Waals surface area contributed by atoms with Crippen molar-refractivity contribution in [2.75, 3.05) is 0 Å². The van der Waals surface area contributed by atoms with Crippen LogP contribution in [0.15, 0.2) is 0 Å². The summed E-state index contributed by atoms with van der Waals surface area (Å²) in [7, 11) is 0. The Hall–Kier alpha value is -0.660. The molecule has 0 aliphatic heterocycles. The summed E-state index contributed by atoms with van der Waals surface area (Å²) in [6.45, 7) is 2.18. The Balaban J connectivity index is 2.15. The van der Waals surface area contributed by atoms with Gasteiger partial charge in [0.2, 0.25) is 0 Å². The molecule has 0 heterocycles. The zero-order valence-corrected chi connectivity index (χ0v) is 8.08. The lowest BCUT2D eigenvalue weighted by atomic mass is 9.67. The molecule has 0 bridgehead atoms. The van der Waals surface area contributed by atoms with E-state index in [2.05, 4.69) is 6.92 Å². The van der Waals surface area contributed by atoms with E-state index in [0.717, 1.165) is 19.3 Å². The van der Waals surface area contributed by atoms with E-state index in [0.29, 0.717) is 30.3 Å². The summed E-state index contributed by atoms with van der Waals surface area (Å²) in [6, 6.07) is 0. The minimum atomic E-state index is 0.0880. The Morgan fingerprint density at radius 3 is 2.31 bits per heavy atom. The maximum Gasteiger partial charge on any atom is 0.137 e. The van der Waals surface area contributed by atoms with Gasteiger partial charge in [-0.3, -0.25) is 9.59 Å². The van der Waals surface area contributed by atoms with Gasteiger partial charge in [0.1, 0.15) is 11.6 Å². The van der Waals surface area contributed by atoms with Gasteiger partial charge in [-0.15, -0.1) is 0 Å². The number of Topliss-reactive ketones (excluding diaryl/α,β-unsaturated/α-hetero) is 2. The minimum Gasteiger partial charge on any atom is -0.299 e. The molecule has 0 radical (unpaired) electrons. The molecular weight excluding hydrogens is 164 g/mol. The molecule has 0 aromatic carbocycles. The number of rotatable bonds is 0. The van der Waals surface area contributed by atoms with Gasteiger partial charge >= 0.3 is 0 Å². The first kappa shape index (κ1) is 8.92. The van der Waals surface area contributed by atoms with Gasteiger partial charge in [-0.2, -0.15) is 0 Å². The van der Waals surface area contributed by atoms with Crippen LogP contribution in [0.2, 0.25) is 0 Å². The molecule has 0 saturated heterocycles. The number of carbonyl (C=O) groups is 2. The molecule has 0 aromatic heterocycles. The van der Waals surface area contributed by atoms with Crippen LogP contribution in [0.25, 0.3) is 0 Å². The fourth-order valence-corrected chi connectivity index (χ4v) is 2.74. The molecule has 3 atom stereocenters. The summed E-state index contributed by atoms with van der Waals surface area (Å²) in [6.07, 6.45) is 4.05. The van der Waals surface area contributed by atoms with Crippen molar-refractivity contribution >= 4 is 11.6 Å². The Bertz CT molecular complexity index is 244. The van der Waals surface area contributed by atoms with Crippen molar-refractivity contribution < 1.29 is 9.59 Å². The lowest BCUT2D eigenvalue weighted by Gasteiger charge is -2.35. The first-order valence-corrected chi connectivity index (χ1v) is 5.24. The van der Waals surface area contributed by atoms with Gasteiger partial charge in [-0.1, -0.05) is 6.92 Å². The van der Waals surface area contributed by atoms with Crippen molar-refractivity contribution in [3.8, 4) is 0 Å². The lowest BCUT2D eigenvalue weighted by molar-refractivity contribution is -0.140. The molecule has 72 valence electrons. The second kappa shape index (κ2) is 3.24. The van der Waals surface area contributed by atoms with Crippen LogP contribution in [-0.4, -0.2) is 11.6 Å². The van der Waals surface area contributed by atoms with Crippen LogP contribution in [-0.2, 0) is 9.59 Å². The predicted octanol–water partition coefficient (Wildman–Crippen LogP) is 1.97. The Labute approximate surface area is 78.7 Å². The summed E-state index contributed by atoms with van der Waals surface area (Å²) in [4.78, 5) is 23.1. The van der Waals surface area contributed by atoms with Gasteiger partial charge < -0.3 is 0 Å². The third-order valence-electron chi connectivity index (χ3n) is 3.56. The highest BCUT2D eigenvalue weighted by Crippen LogP contribution is 2.38. The molecule has 0 N–H and O–H groups in total. The van der Waals surface area contributed by atoms with Gasteiger partial charge in [-0.25, -0.2) is 0 Å². The monoisotopic (exact) mass is 180 g/mol. The van der Waals surface area contributed by atoms with Crippen LogP contribution in [0.3, 0.4) is 0 Å². The molecule has 0 spiro atoms. The van der Waals surface area contributed by atoms with Gasteiger partial charge in [-0.05, 0) is 25.2 Å². The first-order valence-electron chi connectivity index (χ1n) is 5.24. The molecule has 2 heteroatoms. The Kier molecular flexibility index (Phi) is 2.22. The van der Waals surface area contributed by atoms with Crippen LogP contribution in [0.1, 0.15) is 39.0 Å². The Morgan fingerprint density at radius 1 is 1.00 bits per heavy atom. The predicted molar refractivity (Wildman–Crippen MR) is 49.2 cm³/mol.